The molecular formula is C18H9BrClN3O2. The van der Waals surface area contributed by atoms with Crippen molar-refractivity contribution in [3.63, 3.8) is 0 Å². The summed E-state index contributed by atoms with van der Waals surface area (Å²) in [5.74, 6) is -0.789. The fourth-order valence-corrected chi connectivity index (χ4v) is 2.74. The van der Waals surface area contributed by atoms with Crippen LogP contribution in [0.25, 0.3) is 10.9 Å². The van der Waals surface area contributed by atoms with Crippen LogP contribution < -0.4 is 0 Å². The quantitative estimate of drug-likeness (QED) is 0.269. The predicted octanol–water partition coefficient (Wildman–Crippen LogP) is 4.74. The van der Waals surface area contributed by atoms with Crippen LogP contribution in [0.15, 0.2) is 64.2 Å². The summed E-state index contributed by atoms with van der Waals surface area (Å²) in [5, 5.41) is 13.5. The fourth-order valence-electron chi connectivity index (χ4n) is 2.14. The molecule has 0 aliphatic rings. The molecular weight excluding hydrogens is 406 g/mol. The third kappa shape index (κ3) is 3.85. The van der Waals surface area contributed by atoms with Crippen molar-refractivity contribution >= 4 is 50.1 Å². The maximum Gasteiger partial charge on any atom is 0.368 e. The van der Waals surface area contributed by atoms with Crippen molar-refractivity contribution in [2.24, 2.45) is 5.16 Å². The highest BCUT2D eigenvalue weighted by atomic mass is 79.9. The topological polar surface area (TPSA) is 75.3 Å². The van der Waals surface area contributed by atoms with Crippen molar-refractivity contribution in [3.8, 4) is 6.07 Å². The Hall–Kier alpha value is -2.75. The van der Waals surface area contributed by atoms with E-state index in [9.17, 15) is 10.1 Å². The molecule has 0 saturated heterocycles. The van der Waals surface area contributed by atoms with Crippen LogP contribution in [0.3, 0.4) is 0 Å². The second-order valence-corrected chi connectivity index (χ2v) is 6.23. The number of nitriles is 1. The number of halogens is 2. The van der Waals surface area contributed by atoms with Gasteiger partial charge in [0, 0.05) is 15.4 Å². The third-order valence-electron chi connectivity index (χ3n) is 3.32. The number of oxime groups is 1. The number of aromatic nitrogens is 1. The van der Waals surface area contributed by atoms with E-state index in [0.29, 0.717) is 11.1 Å². The van der Waals surface area contributed by atoms with Gasteiger partial charge in [0.2, 0.25) is 0 Å². The summed E-state index contributed by atoms with van der Waals surface area (Å²) in [6, 6.07) is 17.6. The van der Waals surface area contributed by atoms with Crippen molar-refractivity contribution in [1.29, 1.82) is 5.26 Å². The molecule has 122 valence electrons. The molecule has 0 aliphatic carbocycles. The smallest absolute Gasteiger partial charge is 0.311 e. The number of carbonyl (C=O) groups excluding carboxylic acids is 1. The Morgan fingerprint density at radius 3 is 2.68 bits per heavy atom. The second kappa shape index (κ2) is 7.43. The van der Waals surface area contributed by atoms with Crippen LogP contribution in [0.2, 0.25) is 5.15 Å². The van der Waals surface area contributed by atoms with Crippen LogP contribution in [-0.4, -0.2) is 16.7 Å². The minimum Gasteiger partial charge on any atom is -0.311 e. The number of carbonyl (C=O) groups is 1. The molecule has 5 nitrogen and oxygen atoms in total. The van der Waals surface area contributed by atoms with Crippen molar-refractivity contribution in [2.75, 3.05) is 0 Å². The number of hydrogen-bond donors (Lipinski definition) is 0. The molecule has 0 saturated carbocycles. The van der Waals surface area contributed by atoms with E-state index in [-0.39, 0.29) is 16.4 Å². The Bertz CT molecular complexity index is 1030. The van der Waals surface area contributed by atoms with Crippen LogP contribution in [0, 0.1) is 11.3 Å². The lowest BCUT2D eigenvalue weighted by molar-refractivity contribution is 0.0517. The maximum atomic E-state index is 12.3. The minimum atomic E-state index is -0.789. The standard InChI is InChI=1S/C18H9BrClN3O2/c19-13-6-7-15-12(8-13)9-14(17(20)22-15)18(24)25-23-16(10-21)11-4-2-1-3-5-11/h1-9H. The summed E-state index contributed by atoms with van der Waals surface area (Å²) in [4.78, 5) is 21.3. The van der Waals surface area contributed by atoms with Crippen LogP contribution in [0.5, 0.6) is 0 Å². The van der Waals surface area contributed by atoms with Gasteiger partial charge in [-0.3, -0.25) is 0 Å². The van der Waals surface area contributed by atoms with Gasteiger partial charge in [-0.25, -0.2) is 9.78 Å². The number of nitrogens with zero attached hydrogens (tertiary/aromatic N) is 3. The minimum absolute atomic E-state index is 0.00763. The third-order valence-corrected chi connectivity index (χ3v) is 4.10. The number of pyridine rings is 1. The number of hydrogen-bond acceptors (Lipinski definition) is 5. The van der Waals surface area contributed by atoms with Crippen molar-refractivity contribution in [3.05, 3.63) is 75.4 Å². The average molecular weight is 415 g/mol. The number of rotatable bonds is 3. The first-order valence-corrected chi connectivity index (χ1v) is 8.26. The van der Waals surface area contributed by atoms with E-state index in [4.69, 9.17) is 16.4 Å². The van der Waals surface area contributed by atoms with Gasteiger partial charge in [0.15, 0.2) is 5.71 Å². The van der Waals surface area contributed by atoms with Gasteiger partial charge in [-0.2, -0.15) is 5.26 Å². The molecule has 0 unspecified atom stereocenters. The zero-order valence-corrected chi connectivity index (χ0v) is 15.0. The van der Waals surface area contributed by atoms with E-state index in [0.717, 1.165) is 9.86 Å². The van der Waals surface area contributed by atoms with Crippen molar-refractivity contribution in [2.45, 2.75) is 0 Å². The van der Waals surface area contributed by atoms with E-state index in [1.54, 1.807) is 36.4 Å². The van der Waals surface area contributed by atoms with Gasteiger partial charge in [-0.1, -0.05) is 63.0 Å². The van der Waals surface area contributed by atoms with Gasteiger partial charge < -0.3 is 4.84 Å². The molecule has 0 spiro atoms. The van der Waals surface area contributed by atoms with Crippen LogP contribution in [0.1, 0.15) is 15.9 Å². The molecule has 1 heterocycles. The zero-order valence-electron chi connectivity index (χ0n) is 12.6. The van der Waals surface area contributed by atoms with Gasteiger partial charge in [0.25, 0.3) is 0 Å². The highest BCUT2D eigenvalue weighted by Crippen LogP contribution is 2.24. The highest BCUT2D eigenvalue weighted by molar-refractivity contribution is 9.10. The van der Waals surface area contributed by atoms with E-state index >= 15 is 0 Å². The summed E-state index contributed by atoms with van der Waals surface area (Å²) < 4.78 is 0.845. The van der Waals surface area contributed by atoms with E-state index in [2.05, 4.69) is 26.1 Å². The average Bonchev–Trinajstić information content (AvgIpc) is 2.62. The molecule has 7 heteroatoms. The first-order valence-electron chi connectivity index (χ1n) is 7.09. The lowest BCUT2D eigenvalue weighted by Crippen LogP contribution is -2.06. The molecule has 25 heavy (non-hydrogen) atoms. The first-order chi connectivity index (χ1) is 12.1. The molecule has 0 aliphatic heterocycles. The molecule has 0 fully saturated rings. The highest BCUT2D eigenvalue weighted by Gasteiger charge is 2.16. The monoisotopic (exact) mass is 413 g/mol. The van der Waals surface area contributed by atoms with Gasteiger partial charge in [0.05, 0.1) is 5.52 Å². The zero-order chi connectivity index (χ0) is 17.8. The molecule has 0 amide bonds. The molecule has 3 aromatic rings. The van der Waals surface area contributed by atoms with Crippen molar-refractivity contribution < 1.29 is 9.63 Å². The second-order valence-electron chi connectivity index (χ2n) is 4.96. The molecule has 0 radical (unpaired) electrons. The van der Waals surface area contributed by atoms with E-state index in [1.165, 1.54) is 0 Å². The van der Waals surface area contributed by atoms with E-state index < -0.39 is 5.97 Å². The molecule has 1 aromatic heterocycles. The van der Waals surface area contributed by atoms with Crippen molar-refractivity contribution in [1.82, 2.24) is 4.98 Å². The molecule has 3 rings (SSSR count). The summed E-state index contributed by atoms with van der Waals surface area (Å²) in [7, 11) is 0. The number of benzene rings is 2. The van der Waals surface area contributed by atoms with E-state index in [1.807, 2.05) is 24.3 Å². The lowest BCUT2D eigenvalue weighted by atomic mass is 10.1. The Morgan fingerprint density at radius 2 is 1.96 bits per heavy atom. The maximum absolute atomic E-state index is 12.3. The summed E-state index contributed by atoms with van der Waals surface area (Å²) in [6.07, 6.45) is 0. The molecule has 0 bridgehead atoms. The summed E-state index contributed by atoms with van der Waals surface area (Å²) in [6.45, 7) is 0. The molecule has 2 aromatic carbocycles. The van der Waals surface area contributed by atoms with Gasteiger partial charge in [0.1, 0.15) is 16.8 Å². The van der Waals surface area contributed by atoms with Gasteiger partial charge in [-0.05, 0) is 24.3 Å². The Labute approximate surface area is 156 Å². The Kier molecular flexibility index (Phi) is 5.08. The lowest BCUT2D eigenvalue weighted by Gasteiger charge is -2.04. The van der Waals surface area contributed by atoms with Gasteiger partial charge in [-0.15, -0.1) is 0 Å². The molecule has 0 N–H and O–H groups in total. The molecule has 0 atom stereocenters. The van der Waals surface area contributed by atoms with Gasteiger partial charge >= 0.3 is 5.97 Å². The predicted molar refractivity (Wildman–Crippen MR) is 98.5 cm³/mol. The summed E-state index contributed by atoms with van der Waals surface area (Å²) >= 11 is 9.43. The largest absolute Gasteiger partial charge is 0.368 e. The van der Waals surface area contributed by atoms with Crippen LogP contribution in [0.4, 0.5) is 0 Å². The van der Waals surface area contributed by atoms with Crippen LogP contribution >= 0.6 is 27.5 Å². The van der Waals surface area contributed by atoms with Crippen LogP contribution in [-0.2, 0) is 4.84 Å². The first kappa shape index (κ1) is 17.1. The summed E-state index contributed by atoms with van der Waals surface area (Å²) in [5.41, 5.74) is 1.25. The SMILES string of the molecule is N#CC(=NOC(=O)c1cc2cc(Br)ccc2nc1Cl)c1ccccc1. The fraction of sp³-hybridized carbons (Fsp3) is 0. The Morgan fingerprint density at radius 1 is 1.20 bits per heavy atom. The number of fused-ring (bicyclic) bond motifs is 1. The Balaban J connectivity index is 1.91. The normalized spacial score (nSPS) is 11.2.